The number of aromatic amines is 2. The van der Waals surface area contributed by atoms with Crippen molar-refractivity contribution < 1.29 is 79.3 Å². The van der Waals surface area contributed by atoms with Crippen molar-refractivity contribution in [3.05, 3.63) is 260 Å². The van der Waals surface area contributed by atoms with E-state index in [9.17, 15) is 71.5 Å². The zero-order valence-electron chi connectivity index (χ0n) is 47.8. The van der Waals surface area contributed by atoms with Gasteiger partial charge in [0.2, 0.25) is 0 Å². The van der Waals surface area contributed by atoms with Gasteiger partial charge in [-0.2, -0.15) is 54.8 Å². The monoisotopic (exact) mass is 1360 g/mol. The summed E-state index contributed by atoms with van der Waals surface area (Å²) < 4.78 is 172. The van der Waals surface area contributed by atoms with E-state index >= 15 is 0 Å². The molecular formula is C62H51F13IN9O4. The second-order valence-corrected chi connectivity index (χ2v) is 19.2. The van der Waals surface area contributed by atoms with Gasteiger partial charge in [0.05, 0.1) is 91.3 Å². The quantitative estimate of drug-likeness (QED) is 0.0606. The van der Waals surface area contributed by atoms with Crippen LogP contribution in [0.25, 0.3) is 38.4 Å². The lowest BCUT2D eigenvalue weighted by molar-refractivity contribution is -0.138. The summed E-state index contributed by atoms with van der Waals surface area (Å²) in [5.74, 6) is -2.27. The van der Waals surface area contributed by atoms with E-state index < -0.39 is 61.4 Å². The summed E-state index contributed by atoms with van der Waals surface area (Å²) in [4.78, 5) is 35.6. The van der Waals surface area contributed by atoms with Crippen LogP contribution < -0.4 is 16.4 Å². The third-order valence-electron chi connectivity index (χ3n) is 12.1. The minimum atomic E-state index is -4.44. The Morgan fingerprint density at radius 3 is 1.35 bits per heavy atom. The lowest BCUT2D eigenvalue weighted by Crippen LogP contribution is -2.23. The number of aromatic carboxylic acids is 1. The highest BCUT2D eigenvalue weighted by molar-refractivity contribution is 14.1. The largest absolute Gasteiger partial charge is 0.478 e. The molecule has 2 amide bonds. The highest BCUT2D eigenvalue weighted by atomic mass is 127. The normalized spacial score (nSPS) is 11.1. The van der Waals surface area contributed by atoms with E-state index in [1.807, 2.05) is 0 Å². The average molecular weight is 1360 g/mol. The van der Waals surface area contributed by atoms with Gasteiger partial charge in [0.25, 0.3) is 11.8 Å². The van der Waals surface area contributed by atoms with Crippen LogP contribution in [0.2, 0.25) is 0 Å². The molecule has 0 spiro atoms. The number of carbonyl (C=O) groups excluding carboxylic acids is 2. The molecule has 11 aromatic rings. The maximum absolute atomic E-state index is 13.2. The van der Waals surface area contributed by atoms with E-state index in [0.717, 1.165) is 51.0 Å². The van der Waals surface area contributed by atoms with Gasteiger partial charge in [0, 0.05) is 39.4 Å². The van der Waals surface area contributed by atoms with E-state index in [1.165, 1.54) is 73.2 Å². The number of carboxylic acid groups (broad SMARTS) is 1. The number of hydrogen-bond donors (Lipinski definition) is 6. The molecule has 7 N–H and O–H groups in total. The number of aromatic nitrogens is 6. The first-order chi connectivity index (χ1) is 43.2. The summed E-state index contributed by atoms with van der Waals surface area (Å²) >= 11 is 2.13. The van der Waals surface area contributed by atoms with Crippen LogP contribution in [-0.2, 0) is 38.2 Å². The van der Waals surface area contributed by atoms with Crippen molar-refractivity contribution >= 4 is 73.1 Å². The zero-order valence-corrected chi connectivity index (χ0v) is 48.0. The number of rotatable bonds is 9. The van der Waals surface area contributed by atoms with Crippen molar-refractivity contribution in [2.24, 2.45) is 5.73 Å². The summed E-state index contributed by atoms with van der Waals surface area (Å²) in [6.45, 7) is 0.0894. The van der Waals surface area contributed by atoms with Crippen LogP contribution in [0.5, 0.6) is 0 Å². The van der Waals surface area contributed by atoms with Gasteiger partial charge >= 0.3 is 24.5 Å². The number of hydrogen-bond acceptors (Lipinski definition) is 7. The molecular weight excluding hydrogens is 1310 g/mol. The number of nitrogens with two attached hydrogens (primary N) is 1. The number of nitrogens with zero attached hydrogens (tertiary/aromatic N) is 4. The number of halogens is 14. The van der Waals surface area contributed by atoms with E-state index in [0.29, 0.717) is 55.2 Å². The Morgan fingerprint density at radius 2 is 0.921 bits per heavy atom. The van der Waals surface area contributed by atoms with Crippen LogP contribution in [0.3, 0.4) is 0 Å². The van der Waals surface area contributed by atoms with Gasteiger partial charge in [-0.25, -0.2) is 18.3 Å². The molecule has 8 aromatic carbocycles. The number of carboxylic acids is 1. The molecule has 0 fully saturated rings. The van der Waals surface area contributed by atoms with Crippen molar-refractivity contribution in [1.29, 1.82) is 0 Å². The maximum atomic E-state index is 13.2. The summed E-state index contributed by atoms with van der Waals surface area (Å²) in [6.07, 6.45) is -8.54. The van der Waals surface area contributed by atoms with E-state index in [4.69, 9.17) is 13.6 Å². The minimum absolute atomic E-state index is 0.0109. The molecule has 11 rings (SSSR count). The van der Waals surface area contributed by atoms with Gasteiger partial charge in [0.1, 0.15) is 11.6 Å². The number of fused-ring (bicyclic) bond motifs is 3. The second kappa shape index (κ2) is 32.9. The van der Waals surface area contributed by atoms with E-state index in [1.54, 1.807) is 89.6 Å². The Kier molecular flexibility index (Phi) is 24.7. The molecule has 89 heavy (non-hydrogen) atoms. The van der Waals surface area contributed by atoms with Crippen molar-refractivity contribution in [3.8, 4) is 5.69 Å². The van der Waals surface area contributed by atoms with Crippen molar-refractivity contribution in [1.82, 2.24) is 40.8 Å². The number of H-pyrrole nitrogens is 2. The predicted molar refractivity (Wildman–Crippen MR) is 318 cm³/mol. The molecule has 466 valence electrons. The number of nitrogens with one attached hydrogen (secondary N) is 4. The SMILES string of the molecule is Fc1ccc(I)cc1.NCc1cccc(C(F)(F)F)c1.O=C(NCc1cccc(C(F)(F)F)c1)c1cccc2[nH]ncc12.O=C(NCc1cccc(C(F)(F)F)c1)c1cccc2c1cnn2-c1ccc(F)cc1.O=C(O)c1cccc2[nH]ncc12.[2H]CF.[2H]CF. The maximum Gasteiger partial charge on any atom is 0.416 e. The van der Waals surface area contributed by atoms with Crippen molar-refractivity contribution in [2.75, 3.05) is 14.3 Å². The lowest BCUT2D eigenvalue weighted by atomic mass is 10.1. The first-order valence-electron chi connectivity index (χ1n) is 26.8. The third-order valence-corrected chi connectivity index (χ3v) is 12.8. The van der Waals surface area contributed by atoms with Gasteiger partial charge in [-0.1, -0.05) is 60.7 Å². The van der Waals surface area contributed by atoms with Crippen LogP contribution in [0.1, 0.15) is 67.2 Å². The summed E-state index contributed by atoms with van der Waals surface area (Å²) in [6, 6.07) is 42.0. The van der Waals surface area contributed by atoms with Crippen LogP contribution >= 0.6 is 22.6 Å². The number of carbonyl (C=O) groups is 3. The smallest absolute Gasteiger partial charge is 0.416 e. The first kappa shape index (κ1) is 66.9. The number of alkyl halides is 11. The highest BCUT2D eigenvalue weighted by Crippen LogP contribution is 2.32. The fourth-order valence-corrected chi connectivity index (χ4v) is 8.29. The van der Waals surface area contributed by atoms with Gasteiger partial charge in [-0.3, -0.25) is 28.6 Å². The van der Waals surface area contributed by atoms with Gasteiger partial charge in [0.15, 0.2) is 0 Å². The van der Waals surface area contributed by atoms with Gasteiger partial charge in [-0.15, -0.1) is 0 Å². The number of benzene rings is 8. The summed E-state index contributed by atoms with van der Waals surface area (Å²) in [5, 5.41) is 33.3. The zero-order chi connectivity index (χ0) is 66.9. The highest BCUT2D eigenvalue weighted by Gasteiger charge is 2.32. The Bertz CT molecular complexity index is 4090. The first-order valence-corrected chi connectivity index (χ1v) is 26.5. The Hall–Kier alpha value is -9.64. The average Bonchev–Trinajstić information content (AvgIpc) is 1.71. The molecule has 0 saturated carbocycles. The molecule has 0 atom stereocenters. The topological polar surface area (TPSA) is 197 Å². The standard InChI is InChI=1S/C22H15F4N3O.C16H12F3N3O.C8H8F3N.C8H6N2O2.C6H4FI.2CH3F/c23-16-7-9-17(10-8-16)29-20-6-2-5-18(19(20)13-28-29)21(30)27-12-14-3-1-4-15(11-14)22(24,25)26;17-16(18,19)11-4-1-3-10(7-11)8-20-15(23)12-5-2-6-14-13(12)9-21-22-14;9-8(10,11)7-3-1-2-6(4-7)5-12;11-8(12)5-2-1-3-7-6(5)4-9-10-7;7-5-1-3-6(8)4-2-5;2*1-2/h1-11,13H,12H2,(H,27,30);1-7,9H,8H2,(H,20,23)(H,21,22);1-4H,5,12H2;1-4H,(H,9,10)(H,11,12);1-4H;2*1H3/i;;;;;2*1D. The lowest BCUT2D eigenvalue weighted by Gasteiger charge is -2.10. The molecule has 0 aliphatic heterocycles. The molecule has 0 unspecified atom stereocenters. The third kappa shape index (κ3) is 20.5. The summed E-state index contributed by atoms with van der Waals surface area (Å²) in [5.41, 5.74) is 8.04. The van der Waals surface area contributed by atoms with Crippen molar-refractivity contribution in [2.45, 2.75) is 38.2 Å². The molecule has 13 nitrogen and oxygen atoms in total. The van der Waals surface area contributed by atoms with E-state index in [2.05, 4.69) is 58.7 Å². The molecule has 0 saturated heterocycles. The Morgan fingerprint density at radius 1 is 0.539 bits per heavy atom. The van der Waals surface area contributed by atoms with Gasteiger partial charge in [-0.05, 0) is 155 Å². The van der Waals surface area contributed by atoms with Crippen LogP contribution in [-0.4, -0.2) is 67.4 Å². The second-order valence-electron chi connectivity index (χ2n) is 18.0. The molecule has 0 aliphatic rings. The number of amides is 2. The fourth-order valence-electron chi connectivity index (χ4n) is 7.93. The summed E-state index contributed by atoms with van der Waals surface area (Å²) in [7, 11) is -2.00. The molecule has 27 heteroatoms. The minimum Gasteiger partial charge on any atom is -0.478 e. The van der Waals surface area contributed by atoms with Crippen LogP contribution in [0.15, 0.2) is 195 Å². The van der Waals surface area contributed by atoms with Crippen molar-refractivity contribution in [3.63, 3.8) is 0 Å². The molecule has 3 heterocycles. The molecule has 0 radical (unpaired) electrons. The molecule has 0 aliphatic carbocycles. The fraction of sp³-hybridized carbons (Fsp3) is 0.129. The van der Waals surface area contributed by atoms with Gasteiger partial charge < -0.3 is 21.5 Å². The van der Waals surface area contributed by atoms with Crippen LogP contribution in [0.4, 0.5) is 57.1 Å². The van der Waals surface area contributed by atoms with E-state index in [-0.39, 0.29) is 42.7 Å². The Labute approximate surface area is 514 Å². The van der Waals surface area contributed by atoms with Crippen LogP contribution in [0, 0.1) is 15.2 Å². The molecule has 0 bridgehead atoms. The Balaban J connectivity index is 0.000000216. The molecule has 3 aromatic heterocycles. The predicted octanol–water partition coefficient (Wildman–Crippen LogP) is 15.7.